The molecule has 2 aromatic rings. The van der Waals surface area contributed by atoms with Crippen molar-refractivity contribution in [3.05, 3.63) is 35.3 Å². The molecule has 4 rings (SSSR count). The second kappa shape index (κ2) is 4.27. The first-order chi connectivity index (χ1) is 9.72. The van der Waals surface area contributed by atoms with E-state index in [1.165, 1.54) is 18.4 Å². The molecule has 0 aromatic carbocycles. The molecule has 0 bridgehead atoms. The molecular formula is C16H17N3O. The quantitative estimate of drug-likeness (QED) is 0.840. The van der Waals surface area contributed by atoms with E-state index in [2.05, 4.69) is 11.1 Å². The third kappa shape index (κ3) is 1.87. The molecule has 4 heteroatoms. The zero-order valence-corrected chi connectivity index (χ0v) is 11.6. The van der Waals surface area contributed by atoms with Gasteiger partial charge in [0.05, 0.1) is 5.69 Å². The van der Waals surface area contributed by atoms with E-state index in [0.29, 0.717) is 24.5 Å². The monoisotopic (exact) mass is 267 g/mol. The highest BCUT2D eigenvalue weighted by Gasteiger charge is 2.34. The minimum Gasteiger partial charge on any atom is -0.299 e. The molecule has 4 nitrogen and oxygen atoms in total. The van der Waals surface area contributed by atoms with Crippen molar-refractivity contribution in [2.24, 2.45) is 0 Å². The van der Waals surface area contributed by atoms with Gasteiger partial charge in [0.1, 0.15) is 5.78 Å². The number of nitrogens with zero attached hydrogens (tertiary/aromatic N) is 3. The van der Waals surface area contributed by atoms with Gasteiger partial charge in [0.2, 0.25) is 0 Å². The van der Waals surface area contributed by atoms with Crippen molar-refractivity contribution >= 4 is 5.78 Å². The van der Waals surface area contributed by atoms with Gasteiger partial charge >= 0.3 is 0 Å². The number of hydrogen-bond acceptors (Lipinski definition) is 3. The molecule has 0 amide bonds. The first-order valence-corrected chi connectivity index (χ1v) is 7.25. The fourth-order valence-corrected chi connectivity index (χ4v) is 3.09. The van der Waals surface area contributed by atoms with Crippen molar-refractivity contribution in [2.45, 2.75) is 45.1 Å². The average Bonchev–Trinajstić information content (AvgIpc) is 3.19. The van der Waals surface area contributed by atoms with Gasteiger partial charge < -0.3 is 0 Å². The van der Waals surface area contributed by atoms with E-state index in [4.69, 9.17) is 5.10 Å². The Labute approximate surface area is 117 Å². The molecular weight excluding hydrogens is 250 g/mol. The van der Waals surface area contributed by atoms with E-state index in [1.807, 2.05) is 24.0 Å². The molecule has 102 valence electrons. The van der Waals surface area contributed by atoms with Gasteiger partial charge in [-0.2, -0.15) is 5.10 Å². The number of aromatic nitrogens is 3. The van der Waals surface area contributed by atoms with Crippen LogP contribution in [0.4, 0.5) is 0 Å². The van der Waals surface area contributed by atoms with Gasteiger partial charge in [0.15, 0.2) is 0 Å². The molecule has 1 aliphatic carbocycles. The summed E-state index contributed by atoms with van der Waals surface area (Å²) in [7, 11) is 0. The van der Waals surface area contributed by atoms with Crippen LogP contribution < -0.4 is 0 Å². The second-order valence-electron chi connectivity index (χ2n) is 5.92. The highest BCUT2D eigenvalue weighted by molar-refractivity contribution is 5.83. The van der Waals surface area contributed by atoms with Crippen molar-refractivity contribution < 1.29 is 4.79 Å². The van der Waals surface area contributed by atoms with Gasteiger partial charge in [-0.05, 0) is 37.3 Å². The number of rotatable bonds is 2. The van der Waals surface area contributed by atoms with Crippen LogP contribution in [0, 0.1) is 6.92 Å². The average molecular weight is 267 g/mol. The second-order valence-corrected chi connectivity index (χ2v) is 5.92. The summed E-state index contributed by atoms with van der Waals surface area (Å²) in [6, 6.07) is 2.13. The lowest BCUT2D eigenvalue weighted by Gasteiger charge is -2.13. The van der Waals surface area contributed by atoms with Crippen LogP contribution in [0.5, 0.6) is 0 Å². The van der Waals surface area contributed by atoms with E-state index in [9.17, 15) is 4.79 Å². The largest absolute Gasteiger partial charge is 0.299 e. The first-order valence-electron chi connectivity index (χ1n) is 7.25. The number of hydrogen-bond donors (Lipinski definition) is 0. The standard InChI is InChI=1S/C16H17N3O/c1-10-6-12(9-17-8-10)16-15(11-2-3-11)14-7-13(20)4-5-19(14)18-16/h6,8-9,11H,2-5,7H2,1H3. The number of carbonyl (C=O) groups is 1. The maximum atomic E-state index is 11.8. The van der Waals surface area contributed by atoms with E-state index in [0.717, 1.165) is 29.1 Å². The molecule has 1 aliphatic heterocycles. The number of pyridine rings is 1. The Bertz CT molecular complexity index is 698. The SMILES string of the molecule is Cc1cncc(-c2nn3c(c2C2CC2)CC(=O)CC3)c1. The molecule has 2 aromatic heterocycles. The Morgan fingerprint density at radius 2 is 2.15 bits per heavy atom. The molecule has 0 spiro atoms. The third-order valence-electron chi connectivity index (χ3n) is 4.20. The van der Waals surface area contributed by atoms with Gasteiger partial charge in [0, 0.05) is 48.6 Å². The summed E-state index contributed by atoms with van der Waals surface area (Å²) in [5, 5.41) is 4.78. The zero-order chi connectivity index (χ0) is 13.7. The van der Waals surface area contributed by atoms with Gasteiger partial charge in [-0.1, -0.05) is 0 Å². The minimum absolute atomic E-state index is 0.341. The zero-order valence-electron chi connectivity index (χ0n) is 11.6. The molecule has 20 heavy (non-hydrogen) atoms. The number of fused-ring (bicyclic) bond motifs is 1. The van der Waals surface area contributed by atoms with Crippen molar-refractivity contribution in [3.63, 3.8) is 0 Å². The number of Topliss-reactive ketones (excluding diaryl/α,β-unsaturated/α-hetero) is 1. The van der Waals surface area contributed by atoms with Crippen LogP contribution in [0.2, 0.25) is 0 Å². The van der Waals surface area contributed by atoms with Gasteiger partial charge in [-0.3, -0.25) is 14.5 Å². The van der Waals surface area contributed by atoms with E-state index >= 15 is 0 Å². The van der Waals surface area contributed by atoms with Gasteiger partial charge in [0.25, 0.3) is 0 Å². The molecule has 1 fully saturated rings. The van der Waals surface area contributed by atoms with E-state index in [-0.39, 0.29) is 0 Å². The minimum atomic E-state index is 0.341. The maximum Gasteiger partial charge on any atom is 0.140 e. The molecule has 0 N–H and O–H groups in total. The van der Waals surface area contributed by atoms with E-state index in [1.54, 1.807) is 0 Å². The van der Waals surface area contributed by atoms with Crippen LogP contribution in [-0.4, -0.2) is 20.5 Å². The Kier molecular flexibility index (Phi) is 2.52. The summed E-state index contributed by atoms with van der Waals surface area (Å²) in [5.74, 6) is 0.938. The fourth-order valence-electron chi connectivity index (χ4n) is 3.09. The van der Waals surface area contributed by atoms with Crippen LogP contribution in [0.15, 0.2) is 18.5 Å². The lowest BCUT2D eigenvalue weighted by Crippen LogP contribution is -2.20. The van der Waals surface area contributed by atoms with Crippen LogP contribution in [-0.2, 0) is 17.8 Å². The van der Waals surface area contributed by atoms with Crippen molar-refractivity contribution in [1.82, 2.24) is 14.8 Å². The Balaban J connectivity index is 1.89. The van der Waals surface area contributed by atoms with Crippen LogP contribution >= 0.6 is 0 Å². The lowest BCUT2D eigenvalue weighted by atomic mass is 9.98. The summed E-state index contributed by atoms with van der Waals surface area (Å²) in [5.41, 5.74) is 5.74. The smallest absolute Gasteiger partial charge is 0.140 e. The summed E-state index contributed by atoms with van der Waals surface area (Å²) >= 11 is 0. The summed E-state index contributed by atoms with van der Waals surface area (Å²) in [6.45, 7) is 2.78. The van der Waals surface area contributed by atoms with Crippen molar-refractivity contribution in [3.8, 4) is 11.3 Å². The normalized spacial score (nSPS) is 18.1. The third-order valence-corrected chi connectivity index (χ3v) is 4.20. The fraction of sp³-hybridized carbons (Fsp3) is 0.438. The summed E-state index contributed by atoms with van der Waals surface area (Å²) in [4.78, 5) is 16.1. The molecule has 2 aliphatic rings. The Morgan fingerprint density at radius 1 is 1.30 bits per heavy atom. The highest BCUT2D eigenvalue weighted by atomic mass is 16.1. The number of carbonyl (C=O) groups excluding carboxylic acids is 1. The molecule has 0 radical (unpaired) electrons. The number of ketones is 1. The number of aryl methyl sites for hydroxylation is 2. The predicted octanol–water partition coefficient (Wildman–Crippen LogP) is 2.65. The van der Waals surface area contributed by atoms with Gasteiger partial charge in [-0.25, -0.2) is 0 Å². The van der Waals surface area contributed by atoms with E-state index < -0.39 is 0 Å². The van der Waals surface area contributed by atoms with Crippen molar-refractivity contribution in [2.75, 3.05) is 0 Å². The topological polar surface area (TPSA) is 47.8 Å². The highest BCUT2D eigenvalue weighted by Crippen LogP contribution is 2.46. The molecule has 0 saturated heterocycles. The summed E-state index contributed by atoms with van der Waals surface area (Å²) < 4.78 is 2.05. The molecule has 3 heterocycles. The van der Waals surface area contributed by atoms with Crippen LogP contribution in [0.3, 0.4) is 0 Å². The Morgan fingerprint density at radius 3 is 2.90 bits per heavy atom. The van der Waals surface area contributed by atoms with Gasteiger partial charge in [-0.15, -0.1) is 0 Å². The van der Waals surface area contributed by atoms with Crippen LogP contribution in [0.1, 0.15) is 42.0 Å². The molecule has 0 unspecified atom stereocenters. The predicted molar refractivity (Wildman–Crippen MR) is 75.5 cm³/mol. The summed E-state index contributed by atoms with van der Waals surface area (Å²) in [6.07, 6.45) is 7.36. The van der Waals surface area contributed by atoms with Crippen LogP contribution in [0.25, 0.3) is 11.3 Å². The lowest BCUT2D eigenvalue weighted by molar-refractivity contribution is -0.119. The molecule has 1 saturated carbocycles. The van der Waals surface area contributed by atoms with Crippen molar-refractivity contribution in [1.29, 1.82) is 0 Å². The maximum absolute atomic E-state index is 11.8. The Hall–Kier alpha value is -1.97. The first kappa shape index (κ1) is 11.8. The molecule has 0 atom stereocenters.